The van der Waals surface area contributed by atoms with Crippen LogP contribution in [0.25, 0.3) is 11.1 Å². The van der Waals surface area contributed by atoms with Gasteiger partial charge in [0.1, 0.15) is 11.6 Å². The van der Waals surface area contributed by atoms with Gasteiger partial charge in [0, 0.05) is 6.07 Å². The Morgan fingerprint density at radius 1 is 0.722 bits per heavy atom. The fourth-order valence-corrected chi connectivity index (χ4v) is 1.60. The number of halogens is 5. The smallest absolute Gasteiger partial charge is 0.207 e. The molecule has 0 radical (unpaired) electrons. The monoisotopic (exact) mass is 258 g/mol. The van der Waals surface area contributed by atoms with E-state index >= 15 is 0 Å². The van der Waals surface area contributed by atoms with Crippen LogP contribution in [-0.2, 0) is 6.18 Å². The highest BCUT2D eigenvalue weighted by molar-refractivity contribution is 5.64. The third-order valence-corrected chi connectivity index (χ3v) is 2.39. The Hall–Kier alpha value is -1.91. The van der Waals surface area contributed by atoms with E-state index < -0.39 is 23.4 Å². The van der Waals surface area contributed by atoms with E-state index in [1.54, 1.807) is 0 Å². The van der Waals surface area contributed by atoms with Crippen LogP contribution in [0.5, 0.6) is 0 Å². The van der Waals surface area contributed by atoms with E-state index in [0.29, 0.717) is 6.07 Å². The number of benzene rings is 2. The summed E-state index contributed by atoms with van der Waals surface area (Å²) in [7, 11) is 0. The summed E-state index contributed by atoms with van der Waals surface area (Å²) >= 11 is 0. The number of rotatable bonds is 1. The molecular formula is C13H7F5. The third kappa shape index (κ3) is 2.67. The largest absolute Gasteiger partial charge is 0.416 e. The summed E-state index contributed by atoms with van der Waals surface area (Å²) in [6.45, 7) is 0. The number of hydrogen-bond donors (Lipinski definition) is 0. The lowest BCUT2D eigenvalue weighted by Gasteiger charge is -2.09. The topological polar surface area (TPSA) is 0 Å². The van der Waals surface area contributed by atoms with E-state index in [-0.39, 0.29) is 11.1 Å². The first-order valence-corrected chi connectivity index (χ1v) is 5.00. The maximum absolute atomic E-state index is 13.0. The minimum atomic E-state index is -4.48. The van der Waals surface area contributed by atoms with Crippen molar-refractivity contribution in [3.05, 3.63) is 59.7 Å². The van der Waals surface area contributed by atoms with Crippen LogP contribution < -0.4 is 0 Å². The molecule has 0 N–H and O–H groups in total. The van der Waals surface area contributed by atoms with Gasteiger partial charge in [-0.05, 0) is 35.4 Å². The first-order valence-electron chi connectivity index (χ1n) is 5.00. The van der Waals surface area contributed by atoms with Gasteiger partial charge in [-0.2, -0.15) is 13.2 Å². The minimum absolute atomic E-state index is 0.0681. The average Bonchev–Trinajstić information content (AvgIpc) is 2.27. The molecule has 2 aromatic carbocycles. The Balaban J connectivity index is 2.51. The van der Waals surface area contributed by atoms with Crippen molar-refractivity contribution in [3.63, 3.8) is 0 Å². The zero-order valence-corrected chi connectivity index (χ0v) is 8.93. The molecule has 0 unspecified atom stereocenters. The van der Waals surface area contributed by atoms with Crippen molar-refractivity contribution in [2.45, 2.75) is 6.18 Å². The molecule has 18 heavy (non-hydrogen) atoms. The van der Waals surface area contributed by atoms with E-state index in [1.807, 2.05) is 0 Å². The average molecular weight is 258 g/mol. The molecule has 0 saturated heterocycles. The first-order chi connectivity index (χ1) is 8.36. The van der Waals surface area contributed by atoms with Gasteiger partial charge in [-0.15, -0.1) is 0 Å². The fourth-order valence-electron chi connectivity index (χ4n) is 1.60. The molecule has 0 amide bonds. The molecule has 0 nitrogen and oxygen atoms in total. The van der Waals surface area contributed by atoms with Gasteiger partial charge in [-0.3, -0.25) is 0 Å². The van der Waals surface area contributed by atoms with Gasteiger partial charge >= 0.3 is 6.18 Å². The molecule has 94 valence electrons. The second-order valence-electron chi connectivity index (χ2n) is 3.74. The molecule has 0 aliphatic carbocycles. The predicted octanol–water partition coefficient (Wildman–Crippen LogP) is 4.65. The number of alkyl halides is 3. The standard InChI is InChI=1S/C13H7F5/c14-11-5-9(6-12(15)7-11)8-2-1-3-10(4-8)13(16,17)18/h1-7H. The zero-order valence-electron chi connectivity index (χ0n) is 8.93. The Morgan fingerprint density at radius 2 is 1.33 bits per heavy atom. The van der Waals surface area contributed by atoms with Gasteiger partial charge in [0.05, 0.1) is 5.56 Å². The molecule has 0 saturated carbocycles. The summed E-state index contributed by atoms with van der Waals surface area (Å²) in [5, 5.41) is 0. The van der Waals surface area contributed by atoms with Crippen molar-refractivity contribution in [1.29, 1.82) is 0 Å². The van der Waals surface area contributed by atoms with Crippen LogP contribution in [0.2, 0.25) is 0 Å². The highest BCUT2D eigenvalue weighted by Gasteiger charge is 2.30. The zero-order chi connectivity index (χ0) is 13.3. The summed E-state index contributed by atoms with van der Waals surface area (Å²) in [6, 6.07) is 6.95. The quantitative estimate of drug-likeness (QED) is 0.653. The van der Waals surface area contributed by atoms with Crippen LogP contribution >= 0.6 is 0 Å². The van der Waals surface area contributed by atoms with Crippen LogP contribution in [-0.4, -0.2) is 0 Å². The minimum Gasteiger partial charge on any atom is -0.207 e. The van der Waals surface area contributed by atoms with Crippen molar-refractivity contribution < 1.29 is 22.0 Å². The maximum atomic E-state index is 13.0. The van der Waals surface area contributed by atoms with Gasteiger partial charge < -0.3 is 0 Å². The maximum Gasteiger partial charge on any atom is 0.416 e. The number of hydrogen-bond acceptors (Lipinski definition) is 0. The highest BCUT2D eigenvalue weighted by Crippen LogP contribution is 2.32. The van der Waals surface area contributed by atoms with Gasteiger partial charge in [-0.1, -0.05) is 12.1 Å². The van der Waals surface area contributed by atoms with Gasteiger partial charge in [0.25, 0.3) is 0 Å². The SMILES string of the molecule is Fc1cc(F)cc(-c2cccc(C(F)(F)F)c2)c1. The van der Waals surface area contributed by atoms with Gasteiger partial charge in [0.2, 0.25) is 0 Å². The van der Waals surface area contributed by atoms with Crippen molar-refractivity contribution in [2.24, 2.45) is 0 Å². The van der Waals surface area contributed by atoms with Crippen LogP contribution in [0.1, 0.15) is 5.56 Å². The molecule has 0 bridgehead atoms. The fraction of sp³-hybridized carbons (Fsp3) is 0.0769. The molecule has 0 heterocycles. The lowest BCUT2D eigenvalue weighted by atomic mass is 10.0. The van der Waals surface area contributed by atoms with Crippen LogP contribution in [0, 0.1) is 11.6 Å². The van der Waals surface area contributed by atoms with Crippen LogP contribution in [0.4, 0.5) is 22.0 Å². The van der Waals surface area contributed by atoms with E-state index in [4.69, 9.17) is 0 Å². The van der Waals surface area contributed by atoms with E-state index in [2.05, 4.69) is 0 Å². The third-order valence-electron chi connectivity index (χ3n) is 2.39. The summed E-state index contributed by atoms with van der Waals surface area (Å²) < 4.78 is 63.5. The van der Waals surface area contributed by atoms with Crippen molar-refractivity contribution in [1.82, 2.24) is 0 Å². The van der Waals surface area contributed by atoms with Crippen molar-refractivity contribution >= 4 is 0 Å². The molecule has 0 aliphatic heterocycles. The van der Waals surface area contributed by atoms with E-state index in [1.165, 1.54) is 12.1 Å². The van der Waals surface area contributed by atoms with E-state index in [0.717, 1.165) is 24.3 Å². The molecule has 0 spiro atoms. The normalized spacial score (nSPS) is 11.6. The Labute approximate surface area is 99.7 Å². The van der Waals surface area contributed by atoms with Crippen LogP contribution in [0.3, 0.4) is 0 Å². The van der Waals surface area contributed by atoms with Crippen LogP contribution in [0.15, 0.2) is 42.5 Å². The predicted molar refractivity (Wildman–Crippen MR) is 56.8 cm³/mol. The molecule has 0 aliphatic rings. The second-order valence-corrected chi connectivity index (χ2v) is 3.74. The second kappa shape index (κ2) is 4.40. The van der Waals surface area contributed by atoms with Gasteiger partial charge in [0.15, 0.2) is 0 Å². The van der Waals surface area contributed by atoms with Crippen molar-refractivity contribution in [2.75, 3.05) is 0 Å². The Kier molecular flexibility index (Phi) is 3.07. The lowest BCUT2D eigenvalue weighted by Crippen LogP contribution is -2.04. The van der Waals surface area contributed by atoms with Gasteiger partial charge in [-0.25, -0.2) is 8.78 Å². The lowest BCUT2D eigenvalue weighted by molar-refractivity contribution is -0.137. The summed E-state index contributed by atoms with van der Waals surface area (Å²) in [4.78, 5) is 0. The summed E-state index contributed by atoms with van der Waals surface area (Å²) in [6.07, 6.45) is -4.48. The molecule has 2 aromatic rings. The Morgan fingerprint density at radius 3 is 1.89 bits per heavy atom. The van der Waals surface area contributed by atoms with Crippen molar-refractivity contribution in [3.8, 4) is 11.1 Å². The summed E-state index contributed by atoms with van der Waals surface area (Å²) in [5.74, 6) is -1.66. The molecule has 0 fully saturated rings. The molecule has 5 heteroatoms. The first kappa shape index (κ1) is 12.5. The van der Waals surface area contributed by atoms with E-state index in [9.17, 15) is 22.0 Å². The molecular weight excluding hydrogens is 251 g/mol. The highest BCUT2D eigenvalue weighted by atomic mass is 19.4. The Bertz CT molecular complexity index is 552. The molecule has 0 aromatic heterocycles. The summed E-state index contributed by atoms with van der Waals surface area (Å²) in [5.41, 5.74) is -0.675. The molecule has 0 atom stereocenters. The molecule has 2 rings (SSSR count).